The number of amides is 1. The highest BCUT2D eigenvalue weighted by Gasteiger charge is 2.04. The first-order chi connectivity index (χ1) is 9.22. The third kappa shape index (κ3) is 3.08. The second-order valence-corrected chi connectivity index (χ2v) is 3.86. The molecule has 0 saturated carbocycles. The van der Waals surface area contributed by atoms with Crippen molar-refractivity contribution < 1.29 is 14.3 Å². The van der Waals surface area contributed by atoms with Gasteiger partial charge in [0.05, 0.1) is 17.6 Å². The second kappa shape index (κ2) is 5.97. The van der Waals surface area contributed by atoms with E-state index in [1.165, 1.54) is 18.4 Å². The summed E-state index contributed by atoms with van der Waals surface area (Å²) in [5, 5.41) is 11.5. The first-order valence-electron chi connectivity index (χ1n) is 5.79. The maximum Gasteiger partial charge on any atom is 0.244 e. The SMILES string of the molecule is O=C(/C=C/c1coc2ccccc2c1=O)NCCO. The Morgan fingerprint density at radius 3 is 2.95 bits per heavy atom. The molecule has 1 heterocycles. The number of fused-ring (bicyclic) bond motifs is 1. The summed E-state index contributed by atoms with van der Waals surface area (Å²) in [6, 6.07) is 6.91. The molecule has 0 unspecified atom stereocenters. The van der Waals surface area contributed by atoms with Gasteiger partial charge in [-0.3, -0.25) is 9.59 Å². The van der Waals surface area contributed by atoms with Crippen LogP contribution in [0.25, 0.3) is 17.0 Å². The van der Waals surface area contributed by atoms with Crippen LogP contribution in [0, 0.1) is 0 Å². The van der Waals surface area contributed by atoms with Crippen molar-refractivity contribution in [3.05, 3.63) is 52.4 Å². The summed E-state index contributed by atoms with van der Waals surface area (Å²) in [6.45, 7) is 0.0488. The fraction of sp³-hybridized carbons (Fsp3) is 0.143. The van der Waals surface area contributed by atoms with Crippen LogP contribution in [0.1, 0.15) is 5.56 Å². The van der Waals surface area contributed by atoms with Crippen LogP contribution in [0.4, 0.5) is 0 Å². The maximum atomic E-state index is 12.1. The van der Waals surface area contributed by atoms with Crippen molar-refractivity contribution in [1.29, 1.82) is 0 Å². The van der Waals surface area contributed by atoms with Crippen LogP contribution in [0.15, 0.2) is 45.8 Å². The molecular formula is C14H13NO4. The summed E-state index contributed by atoms with van der Waals surface area (Å²) in [4.78, 5) is 23.4. The molecular weight excluding hydrogens is 246 g/mol. The van der Waals surface area contributed by atoms with E-state index in [0.29, 0.717) is 16.5 Å². The fourth-order valence-corrected chi connectivity index (χ4v) is 1.61. The molecule has 0 spiro atoms. The van der Waals surface area contributed by atoms with Gasteiger partial charge in [-0.05, 0) is 18.2 Å². The molecule has 2 rings (SSSR count). The van der Waals surface area contributed by atoms with Crippen molar-refractivity contribution in [3.8, 4) is 0 Å². The number of carbonyl (C=O) groups excluding carboxylic acids is 1. The zero-order valence-corrected chi connectivity index (χ0v) is 10.1. The van der Waals surface area contributed by atoms with Crippen LogP contribution in [-0.4, -0.2) is 24.2 Å². The molecule has 1 aromatic heterocycles. The number of aliphatic hydroxyl groups is 1. The minimum absolute atomic E-state index is 0.127. The Morgan fingerprint density at radius 2 is 2.16 bits per heavy atom. The Hall–Kier alpha value is -2.40. The van der Waals surface area contributed by atoms with Gasteiger partial charge in [-0.1, -0.05) is 12.1 Å². The lowest BCUT2D eigenvalue weighted by molar-refractivity contribution is -0.116. The molecule has 19 heavy (non-hydrogen) atoms. The molecule has 0 aliphatic heterocycles. The summed E-state index contributed by atoms with van der Waals surface area (Å²) in [5.74, 6) is -0.374. The zero-order chi connectivity index (χ0) is 13.7. The van der Waals surface area contributed by atoms with E-state index in [1.807, 2.05) is 0 Å². The van der Waals surface area contributed by atoms with E-state index in [4.69, 9.17) is 9.52 Å². The van der Waals surface area contributed by atoms with Gasteiger partial charge in [0.25, 0.3) is 0 Å². The Morgan fingerprint density at radius 1 is 1.37 bits per heavy atom. The van der Waals surface area contributed by atoms with Crippen LogP contribution in [0.3, 0.4) is 0 Å². The van der Waals surface area contributed by atoms with Gasteiger partial charge in [-0.25, -0.2) is 0 Å². The summed E-state index contributed by atoms with van der Waals surface area (Å²) >= 11 is 0. The van der Waals surface area contributed by atoms with E-state index in [9.17, 15) is 9.59 Å². The van der Waals surface area contributed by atoms with E-state index < -0.39 is 0 Å². The van der Waals surface area contributed by atoms with Crippen LogP contribution in [0.2, 0.25) is 0 Å². The Kier molecular flexibility index (Phi) is 4.10. The van der Waals surface area contributed by atoms with Crippen molar-refractivity contribution in [1.82, 2.24) is 5.32 Å². The molecule has 1 amide bonds. The lowest BCUT2D eigenvalue weighted by atomic mass is 10.1. The summed E-state index contributed by atoms with van der Waals surface area (Å²) < 4.78 is 5.31. The normalized spacial score (nSPS) is 11.0. The molecule has 1 aromatic carbocycles. The van der Waals surface area contributed by atoms with E-state index >= 15 is 0 Å². The first-order valence-corrected chi connectivity index (χ1v) is 5.79. The molecule has 0 atom stereocenters. The third-order valence-electron chi connectivity index (χ3n) is 2.53. The number of carbonyl (C=O) groups is 1. The topological polar surface area (TPSA) is 79.5 Å². The molecule has 98 valence electrons. The number of hydrogen-bond donors (Lipinski definition) is 2. The summed E-state index contributed by atoms with van der Waals surface area (Å²) in [5.41, 5.74) is 0.625. The van der Waals surface area contributed by atoms with Crippen molar-refractivity contribution in [2.45, 2.75) is 0 Å². The first kappa shape index (κ1) is 13.0. The minimum Gasteiger partial charge on any atom is -0.463 e. The van der Waals surface area contributed by atoms with Gasteiger partial charge in [0.15, 0.2) is 5.43 Å². The van der Waals surface area contributed by atoms with Gasteiger partial charge in [0, 0.05) is 12.6 Å². The predicted octanol–water partition coefficient (Wildman–Crippen LogP) is 0.915. The monoisotopic (exact) mass is 259 g/mol. The molecule has 0 saturated heterocycles. The van der Waals surface area contributed by atoms with Crippen molar-refractivity contribution in [2.75, 3.05) is 13.2 Å². The number of rotatable bonds is 4. The van der Waals surface area contributed by atoms with E-state index in [2.05, 4.69) is 5.32 Å². The quantitative estimate of drug-likeness (QED) is 0.800. The van der Waals surface area contributed by atoms with Crippen LogP contribution in [0.5, 0.6) is 0 Å². The van der Waals surface area contributed by atoms with Crippen molar-refractivity contribution >= 4 is 23.0 Å². The van der Waals surface area contributed by atoms with Gasteiger partial charge >= 0.3 is 0 Å². The lowest BCUT2D eigenvalue weighted by Crippen LogP contribution is -2.24. The van der Waals surface area contributed by atoms with E-state index in [1.54, 1.807) is 24.3 Å². The molecule has 0 aliphatic rings. The lowest BCUT2D eigenvalue weighted by Gasteiger charge is -1.98. The number of nitrogens with one attached hydrogen (secondary N) is 1. The number of aliphatic hydroxyl groups excluding tert-OH is 1. The molecule has 2 N–H and O–H groups in total. The van der Waals surface area contributed by atoms with Crippen LogP contribution in [-0.2, 0) is 4.79 Å². The highest BCUT2D eigenvalue weighted by molar-refractivity contribution is 5.92. The third-order valence-corrected chi connectivity index (χ3v) is 2.53. The fourth-order valence-electron chi connectivity index (χ4n) is 1.61. The highest BCUT2D eigenvalue weighted by Crippen LogP contribution is 2.10. The Labute approximate surface area is 109 Å². The Bertz CT molecular complexity index is 672. The molecule has 0 bridgehead atoms. The minimum atomic E-state index is -0.374. The van der Waals surface area contributed by atoms with E-state index in [-0.39, 0.29) is 24.5 Å². The molecule has 0 fully saturated rings. The highest BCUT2D eigenvalue weighted by atomic mass is 16.3. The van der Waals surface area contributed by atoms with Gasteiger partial charge in [-0.15, -0.1) is 0 Å². The van der Waals surface area contributed by atoms with Crippen LogP contribution < -0.4 is 10.7 Å². The van der Waals surface area contributed by atoms with Crippen LogP contribution >= 0.6 is 0 Å². The molecule has 0 radical (unpaired) electrons. The van der Waals surface area contributed by atoms with Gasteiger partial charge in [-0.2, -0.15) is 0 Å². The number of para-hydroxylation sites is 1. The average Bonchev–Trinajstić information content (AvgIpc) is 2.44. The van der Waals surface area contributed by atoms with Gasteiger partial charge in [0.1, 0.15) is 11.8 Å². The molecule has 2 aromatic rings. The largest absolute Gasteiger partial charge is 0.463 e. The number of hydrogen-bond acceptors (Lipinski definition) is 4. The predicted molar refractivity (Wildman–Crippen MR) is 71.6 cm³/mol. The summed E-state index contributed by atoms with van der Waals surface area (Å²) in [6.07, 6.45) is 3.95. The van der Waals surface area contributed by atoms with E-state index in [0.717, 1.165) is 0 Å². The Balaban J connectivity index is 2.26. The van der Waals surface area contributed by atoms with Gasteiger partial charge < -0.3 is 14.8 Å². The second-order valence-electron chi connectivity index (χ2n) is 3.86. The maximum absolute atomic E-state index is 12.1. The van der Waals surface area contributed by atoms with Gasteiger partial charge in [0.2, 0.25) is 5.91 Å². The molecule has 5 nitrogen and oxygen atoms in total. The zero-order valence-electron chi connectivity index (χ0n) is 10.1. The van der Waals surface area contributed by atoms with Crippen molar-refractivity contribution in [3.63, 3.8) is 0 Å². The molecule has 5 heteroatoms. The molecule has 0 aliphatic carbocycles. The average molecular weight is 259 g/mol. The number of benzene rings is 1. The summed E-state index contributed by atoms with van der Waals surface area (Å²) in [7, 11) is 0. The van der Waals surface area contributed by atoms with Crippen molar-refractivity contribution in [2.24, 2.45) is 0 Å². The standard InChI is InChI=1S/C14H13NO4/c16-8-7-15-13(17)6-5-10-9-19-12-4-2-1-3-11(12)14(10)18/h1-6,9,16H,7-8H2,(H,15,17)/b6-5+. The smallest absolute Gasteiger partial charge is 0.244 e.